The van der Waals surface area contributed by atoms with Gasteiger partial charge in [-0.1, -0.05) is 152 Å². The van der Waals surface area contributed by atoms with Crippen molar-refractivity contribution in [3.05, 3.63) is 206 Å². The predicted octanol–water partition coefficient (Wildman–Crippen LogP) is 14.5. The molecule has 0 unspecified atom stereocenters. The SMILES string of the molecule is c1ccc(-n2c3ccccc3c3cc(-c4ccc(N(c5cccc6ccc7ccccc7c56)c5cccc6ccc7ccccc7c56)cc4)ccc32)cc1. The fraction of sp³-hybridized carbons (Fsp3) is 0. The van der Waals surface area contributed by atoms with Crippen LogP contribution in [0, 0.1) is 0 Å². The Morgan fingerprint density at radius 2 is 0.815 bits per heavy atom. The predicted molar refractivity (Wildman–Crippen MR) is 231 cm³/mol. The summed E-state index contributed by atoms with van der Waals surface area (Å²) in [5, 5.41) is 12.4. The van der Waals surface area contributed by atoms with E-state index in [9.17, 15) is 0 Å². The maximum atomic E-state index is 2.48. The summed E-state index contributed by atoms with van der Waals surface area (Å²) in [4.78, 5) is 2.48. The summed E-state index contributed by atoms with van der Waals surface area (Å²) in [6.07, 6.45) is 0. The van der Waals surface area contributed by atoms with Gasteiger partial charge < -0.3 is 9.47 Å². The van der Waals surface area contributed by atoms with Crippen LogP contribution >= 0.6 is 0 Å². The lowest BCUT2D eigenvalue weighted by atomic mass is 9.96. The van der Waals surface area contributed by atoms with Crippen molar-refractivity contribution in [2.75, 3.05) is 4.90 Å². The Hall–Kier alpha value is -7.16. The summed E-state index contributed by atoms with van der Waals surface area (Å²) in [6, 6.07) is 75.3. The number of rotatable bonds is 5. The third-order valence-electron chi connectivity index (χ3n) is 11.1. The van der Waals surface area contributed by atoms with E-state index in [4.69, 9.17) is 0 Å². The highest BCUT2D eigenvalue weighted by Crippen LogP contribution is 2.46. The van der Waals surface area contributed by atoms with Crippen molar-refractivity contribution in [2.45, 2.75) is 0 Å². The van der Waals surface area contributed by atoms with Crippen molar-refractivity contribution in [3.63, 3.8) is 0 Å². The quantitative estimate of drug-likeness (QED) is 0.164. The van der Waals surface area contributed by atoms with Gasteiger partial charge in [-0.2, -0.15) is 0 Å². The van der Waals surface area contributed by atoms with Gasteiger partial charge in [-0.05, 0) is 98.0 Å². The molecule has 0 fully saturated rings. The molecule has 54 heavy (non-hydrogen) atoms. The van der Waals surface area contributed by atoms with E-state index in [-0.39, 0.29) is 0 Å². The zero-order valence-corrected chi connectivity index (χ0v) is 29.5. The average Bonchev–Trinajstić information content (AvgIpc) is 3.58. The zero-order chi connectivity index (χ0) is 35.6. The van der Waals surface area contributed by atoms with Gasteiger partial charge >= 0.3 is 0 Å². The van der Waals surface area contributed by atoms with Crippen LogP contribution in [0.3, 0.4) is 0 Å². The number of aromatic nitrogens is 1. The molecule has 10 aromatic carbocycles. The molecular weight excluding hydrogens is 653 g/mol. The maximum absolute atomic E-state index is 2.48. The summed E-state index contributed by atoms with van der Waals surface area (Å²) in [5.41, 5.74) is 9.41. The van der Waals surface area contributed by atoms with Gasteiger partial charge in [-0.25, -0.2) is 0 Å². The van der Waals surface area contributed by atoms with Crippen LogP contribution < -0.4 is 4.90 Å². The molecule has 2 heteroatoms. The standard InChI is InChI=1S/C52H34N2/c1-2-16-41(17-3-1)53-47-21-9-8-20-45(47)46-34-40(30-33-48(46)53)35-28-31-42(32-29-35)54(49-22-10-14-38-26-24-36-12-4-6-18-43(36)51(38)49)50-23-11-15-39-27-25-37-13-5-7-19-44(37)52(39)50/h1-34H. The lowest BCUT2D eigenvalue weighted by Crippen LogP contribution is -2.11. The van der Waals surface area contributed by atoms with Gasteiger partial charge in [0.1, 0.15) is 0 Å². The molecule has 0 saturated carbocycles. The monoisotopic (exact) mass is 686 g/mol. The van der Waals surface area contributed by atoms with Gasteiger partial charge in [-0.3, -0.25) is 0 Å². The van der Waals surface area contributed by atoms with Crippen molar-refractivity contribution >= 4 is 82.0 Å². The van der Waals surface area contributed by atoms with E-state index in [2.05, 4.69) is 216 Å². The van der Waals surface area contributed by atoms with Gasteiger partial charge in [0.05, 0.1) is 22.4 Å². The third kappa shape index (κ3) is 4.74. The number of nitrogens with zero attached hydrogens (tertiary/aromatic N) is 2. The molecule has 1 aromatic heterocycles. The minimum Gasteiger partial charge on any atom is -0.309 e. The van der Waals surface area contributed by atoms with E-state index in [1.807, 2.05) is 0 Å². The van der Waals surface area contributed by atoms with Crippen LogP contribution in [0.4, 0.5) is 17.1 Å². The van der Waals surface area contributed by atoms with Crippen molar-refractivity contribution in [1.82, 2.24) is 4.57 Å². The molecule has 0 amide bonds. The smallest absolute Gasteiger partial charge is 0.0546 e. The summed E-state index contributed by atoms with van der Waals surface area (Å²) in [5.74, 6) is 0. The minimum atomic E-state index is 1.11. The van der Waals surface area contributed by atoms with Gasteiger partial charge in [-0.15, -0.1) is 0 Å². The number of anilines is 3. The number of hydrogen-bond acceptors (Lipinski definition) is 1. The molecule has 0 aliphatic rings. The molecule has 1 heterocycles. The summed E-state index contributed by atoms with van der Waals surface area (Å²) in [6.45, 7) is 0. The first-order valence-corrected chi connectivity index (χ1v) is 18.6. The molecular formula is C52H34N2. The molecule has 11 aromatic rings. The van der Waals surface area contributed by atoms with Crippen LogP contribution in [0.15, 0.2) is 206 Å². The lowest BCUT2D eigenvalue weighted by Gasteiger charge is -2.29. The Balaban J connectivity index is 1.12. The molecule has 0 atom stereocenters. The van der Waals surface area contributed by atoms with E-state index in [0.717, 1.165) is 17.1 Å². The van der Waals surface area contributed by atoms with Gasteiger partial charge in [0.2, 0.25) is 0 Å². The summed E-state index contributed by atoms with van der Waals surface area (Å²) in [7, 11) is 0. The van der Waals surface area contributed by atoms with Crippen LogP contribution in [0.1, 0.15) is 0 Å². The average molecular weight is 687 g/mol. The number of para-hydroxylation sites is 2. The van der Waals surface area contributed by atoms with Crippen LogP contribution in [0.5, 0.6) is 0 Å². The topological polar surface area (TPSA) is 8.17 Å². The molecule has 0 N–H and O–H groups in total. The van der Waals surface area contributed by atoms with Crippen LogP contribution in [-0.4, -0.2) is 4.57 Å². The highest BCUT2D eigenvalue weighted by Gasteiger charge is 2.21. The Morgan fingerprint density at radius 3 is 1.46 bits per heavy atom. The second kappa shape index (κ2) is 12.2. The fourth-order valence-corrected chi connectivity index (χ4v) is 8.67. The Bertz CT molecular complexity index is 3090. The lowest BCUT2D eigenvalue weighted by molar-refractivity contribution is 1.18. The Labute approximate surface area is 313 Å². The van der Waals surface area contributed by atoms with E-state index in [1.54, 1.807) is 0 Å². The highest BCUT2D eigenvalue weighted by atomic mass is 15.1. The Morgan fingerprint density at radius 1 is 0.315 bits per heavy atom. The van der Waals surface area contributed by atoms with Gasteiger partial charge in [0.15, 0.2) is 0 Å². The van der Waals surface area contributed by atoms with Crippen molar-refractivity contribution in [3.8, 4) is 16.8 Å². The molecule has 0 spiro atoms. The second-order valence-corrected chi connectivity index (χ2v) is 14.1. The third-order valence-corrected chi connectivity index (χ3v) is 11.1. The number of benzene rings is 10. The normalized spacial score (nSPS) is 11.7. The molecule has 2 nitrogen and oxygen atoms in total. The molecule has 0 radical (unpaired) electrons. The molecule has 0 saturated heterocycles. The first-order chi connectivity index (χ1) is 26.8. The Kier molecular flexibility index (Phi) is 6.90. The maximum Gasteiger partial charge on any atom is 0.0546 e. The molecule has 0 aliphatic heterocycles. The van der Waals surface area contributed by atoms with Gasteiger partial charge in [0, 0.05) is 32.9 Å². The fourth-order valence-electron chi connectivity index (χ4n) is 8.67. The van der Waals surface area contributed by atoms with Crippen LogP contribution in [-0.2, 0) is 0 Å². The molecule has 11 rings (SSSR count). The van der Waals surface area contributed by atoms with Gasteiger partial charge in [0.25, 0.3) is 0 Å². The van der Waals surface area contributed by atoms with E-state index < -0.39 is 0 Å². The first kappa shape index (κ1) is 30.5. The molecule has 0 bridgehead atoms. The largest absolute Gasteiger partial charge is 0.309 e. The van der Waals surface area contributed by atoms with Crippen LogP contribution in [0.25, 0.3) is 81.7 Å². The molecule has 0 aliphatic carbocycles. The van der Waals surface area contributed by atoms with Crippen LogP contribution in [0.2, 0.25) is 0 Å². The van der Waals surface area contributed by atoms with Crippen molar-refractivity contribution in [1.29, 1.82) is 0 Å². The second-order valence-electron chi connectivity index (χ2n) is 14.1. The van der Waals surface area contributed by atoms with E-state index in [1.165, 1.54) is 81.7 Å². The number of fused-ring (bicyclic) bond motifs is 9. The summed E-state index contributed by atoms with van der Waals surface area (Å²) >= 11 is 0. The number of hydrogen-bond donors (Lipinski definition) is 0. The minimum absolute atomic E-state index is 1.11. The van der Waals surface area contributed by atoms with E-state index in [0.29, 0.717) is 0 Å². The van der Waals surface area contributed by atoms with E-state index >= 15 is 0 Å². The first-order valence-electron chi connectivity index (χ1n) is 18.6. The van der Waals surface area contributed by atoms with Crippen molar-refractivity contribution < 1.29 is 0 Å². The highest BCUT2D eigenvalue weighted by molar-refractivity contribution is 6.19. The zero-order valence-electron chi connectivity index (χ0n) is 29.5. The molecule has 252 valence electrons. The summed E-state index contributed by atoms with van der Waals surface area (Å²) < 4.78 is 2.37. The van der Waals surface area contributed by atoms with Crippen molar-refractivity contribution in [2.24, 2.45) is 0 Å².